The Morgan fingerprint density at radius 1 is 1.50 bits per heavy atom. The highest BCUT2D eigenvalue weighted by molar-refractivity contribution is 7.71. The lowest BCUT2D eigenvalue weighted by Crippen LogP contribution is -2.09. The van der Waals surface area contributed by atoms with Crippen molar-refractivity contribution in [3.63, 3.8) is 0 Å². The molecule has 2 aromatic rings. The van der Waals surface area contributed by atoms with Crippen LogP contribution in [0, 0.1) is 4.77 Å². The topological polar surface area (TPSA) is 68.9 Å². The van der Waals surface area contributed by atoms with E-state index >= 15 is 0 Å². The number of nitrogens with zero attached hydrogens (tertiary/aromatic N) is 2. The van der Waals surface area contributed by atoms with Crippen molar-refractivity contribution in [1.82, 2.24) is 14.9 Å². The number of rotatable bonds is 1. The van der Waals surface area contributed by atoms with Gasteiger partial charge in [-0.25, -0.2) is 9.77 Å². The fourth-order valence-electron chi connectivity index (χ4n) is 1.83. The summed E-state index contributed by atoms with van der Waals surface area (Å²) in [4.78, 5) is 0. The molecule has 2 heterocycles. The zero-order valence-corrected chi connectivity index (χ0v) is 9.25. The number of nitrogens with one attached hydrogen (secondary N) is 1. The van der Waals surface area contributed by atoms with E-state index in [0.29, 0.717) is 10.6 Å². The number of fused-ring (bicyclic) bond motifs is 1. The molecule has 0 fully saturated rings. The molecule has 0 spiro atoms. The van der Waals surface area contributed by atoms with Gasteiger partial charge in [-0.3, -0.25) is 0 Å². The molecule has 5 nitrogen and oxygen atoms in total. The molecule has 82 valence electrons. The number of nitrogens with two attached hydrogens (primary N) is 1. The van der Waals surface area contributed by atoms with E-state index in [9.17, 15) is 0 Å². The summed E-state index contributed by atoms with van der Waals surface area (Å²) in [5, 5.41) is 6.75. The van der Waals surface area contributed by atoms with Crippen LogP contribution in [0.25, 0.3) is 11.4 Å². The number of aromatic nitrogens is 3. The van der Waals surface area contributed by atoms with Crippen LogP contribution < -0.4 is 10.6 Å². The van der Waals surface area contributed by atoms with E-state index in [1.165, 1.54) is 10.2 Å². The third kappa shape index (κ3) is 1.30. The first-order valence-electron chi connectivity index (χ1n) is 4.94. The first-order chi connectivity index (χ1) is 7.75. The predicted octanol–water partition coefficient (Wildman–Crippen LogP) is 1.26. The summed E-state index contributed by atoms with van der Waals surface area (Å²) in [6.45, 7) is 0.744. The summed E-state index contributed by atoms with van der Waals surface area (Å²) in [6.07, 6.45) is 0.929. The molecule has 0 amide bonds. The third-order valence-electron chi connectivity index (χ3n) is 2.65. The number of hydrogen-bond donors (Lipinski definition) is 2. The summed E-state index contributed by atoms with van der Waals surface area (Å²) in [5.41, 5.74) is 2.13. The van der Waals surface area contributed by atoms with Gasteiger partial charge in [0.05, 0.1) is 6.61 Å². The van der Waals surface area contributed by atoms with Crippen LogP contribution in [0.4, 0.5) is 0 Å². The summed E-state index contributed by atoms with van der Waals surface area (Å²) in [6, 6.07) is 5.91. The second kappa shape index (κ2) is 3.34. The van der Waals surface area contributed by atoms with Crippen molar-refractivity contribution in [3.8, 4) is 17.1 Å². The number of aromatic amines is 1. The Kier molecular flexibility index (Phi) is 1.97. The molecule has 0 aliphatic carbocycles. The zero-order chi connectivity index (χ0) is 11.1. The molecule has 0 radical (unpaired) electrons. The van der Waals surface area contributed by atoms with Gasteiger partial charge in [0.1, 0.15) is 5.75 Å². The summed E-state index contributed by atoms with van der Waals surface area (Å²) in [5.74, 6) is 7.35. The Balaban J connectivity index is 2.14. The highest BCUT2D eigenvalue weighted by atomic mass is 32.1. The number of benzene rings is 1. The second-order valence-electron chi connectivity index (χ2n) is 3.64. The van der Waals surface area contributed by atoms with Crippen LogP contribution in [0.2, 0.25) is 0 Å². The lowest BCUT2D eigenvalue weighted by atomic mass is 10.1. The maximum absolute atomic E-state index is 5.77. The fourth-order valence-corrected chi connectivity index (χ4v) is 1.97. The van der Waals surface area contributed by atoms with E-state index in [2.05, 4.69) is 10.2 Å². The molecule has 1 aromatic carbocycles. The average molecular weight is 234 g/mol. The smallest absolute Gasteiger partial charge is 0.214 e. The van der Waals surface area contributed by atoms with Crippen LogP contribution in [-0.4, -0.2) is 21.5 Å². The monoisotopic (exact) mass is 234 g/mol. The molecule has 0 atom stereocenters. The molecule has 6 heteroatoms. The van der Waals surface area contributed by atoms with Crippen molar-refractivity contribution in [2.75, 3.05) is 12.4 Å². The third-order valence-corrected chi connectivity index (χ3v) is 2.94. The van der Waals surface area contributed by atoms with Crippen molar-refractivity contribution in [3.05, 3.63) is 28.5 Å². The fraction of sp³-hybridized carbons (Fsp3) is 0.200. The van der Waals surface area contributed by atoms with E-state index in [1.54, 1.807) is 0 Å². The molecule has 1 aromatic heterocycles. The molecule has 0 saturated heterocycles. The zero-order valence-electron chi connectivity index (χ0n) is 8.43. The van der Waals surface area contributed by atoms with Crippen molar-refractivity contribution < 1.29 is 4.74 Å². The molecular weight excluding hydrogens is 224 g/mol. The van der Waals surface area contributed by atoms with Crippen LogP contribution in [-0.2, 0) is 6.42 Å². The molecule has 3 N–H and O–H groups in total. The first-order valence-corrected chi connectivity index (χ1v) is 5.35. The van der Waals surface area contributed by atoms with E-state index in [0.717, 1.165) is 24.3 Å². The van der Waals surface area contributed by atoms with Gasteiger partial charge in [-0.15, -0.1) is 0 Å². The van der Waals surface area contributed by atoms with Gasteiger partial charge in [-0.2, -0.15) is 5.10 Å². The molecule has 1 aliphatic heterocycles. The molecule has 3 rings (SSSR count). The van der Waals surface area contributed by atoms with E-state index in [4.69, 9.17) is 22.8 Å². The van der Waals surface area contributed by atoms with Crippen LogP contribution in [0.15, 0.2) is 18.2 Å². The Hall–Kier alpha value is -1.82. The van der Waals surface area contributed by atoms with Gasteiger partial charge in [-0.05, 0) is 36.0 Å². The van der Waals surface area contributed by atoms with E-state index in [1.807, 2.05) is 18.2 Å². The van der Waals surface area contributed by atoms with Crippen LogP contribution >= 0.6 is 12.2 Å². The molecule has 1 aliphatic rings. The molecule has 0 bridgehead atoms. The molecule has 0 unspecified atom stereocenters. The van der Waals surface area contributed by atoms with Crippen LogP contribution in [0.1, 0.15) is 5.56 Å². The van der Waals surface area contributed by atoms with Gasteiger partial charge in [0, 0.05) is 12.0 Å². The summed E-state index contributed by atoms with van der Waals surface area (Å²) < 4.78 is 7.21. The lowest BCUT2D eigenvalue weighted by molar-refractivity contribution is 0.357. The van der Waals surface area contributed by atoms with Gasteiger partial charge in [0.25, 0.3) is 0 Å². The Labute approximate surface area is 96.8 Å². The highest BCUT2D eigenvalue weighted by Crippen LogP contribution is 2.29. The maximum atomic E-state index is 5.77. The van der Waals surface area contributed by atoms with Gasteiger partial charge in [0.2, 0.25) is 4.77 Å². The predicted molar refractivity (Wildman–Crippen MR) is 62.2 cm³/mol. The normalized spacial score (nSPS) is 13.5. The largest absolute Gasteiger partial charge is 0.493 e. The van der Waals surface area contributed by atoms with Gasteiger partial charge in [0.15, 0.2) is 5.82 Å². The van der Waals surface area contributed by atoms with E-state index in [-0.39, 0.29) is 0 Å². The van der Waals surface area contributed by atoms with Crippen molar-refractivity contribution in [2.24, 2.45) is 0 Å². The lowest BCUT2D eigenvalue weighted by Gasteiger charge is -2.03. The van der Waals surface area contributed by atoms with Gasteiger partial charge >= 0.3 is 0 Å². The van der Waals surface area contributed by atoms with Gasteiger partial charge < -0.3 is 10.6 Å². The Bertz CT molecular complexity index is 601. The number of ether oxygens (including phenoxy) is 1. The minimum atomic E-state index is 0.409. The van der Waals surface area contributed by atoms with Crippen LogP contribution in [0.5, 0.6) is 5.75 Å². The number of H-pyrrole nitrogens is 1. The van der Waals surface area contributed by atoms with Crippen molar-refractivity contribution in [2.45, 2.75) is 6.42 Å². The minimum Gasteiger partial charge on any atom is -0.493 e. The molecule has 16 heavy (non-hydrogen) atoms. The van der Waals surface area contributed by atoms with Crippen molar-refractivity contribution in [1.29, 1.82) is 0 Å². The Morgan fingerprint density at radius 2 is 2.38 bits per heavy atom. The average Bonchev–Trinajstić information content (AvgIpc) is 2.86. The minimum absolute atomic E-state index is 0.409. The number of hydrogen-bond acceptors (Lipinski definition) is 4. The SMILES string of the molecule is Nn1c(-c2ccc3c(c2)CCO3)n[nH]c1=S. The summed E-state index contributed by atoms with van der Waals surface area (Å²) >= 11 is 4.97. The van der Waals surface area contributed by atoms with Gasteiger partial charge in [-0.1, -0.05) is 0 Å². The Morgan fingerprint density at radius 3 is 3.12 bits per heavy atom. The van der Waals surface area contributed by atoms with Crippen LogP contribution in [0.3, 0.4) is 0 Å². The second-order valence-corrected chi connectivity index (χ2v) is 4.03. The standard InChI is InChI=1S/C10H10N4OS/c11-14-9(12-13-10(14)16)7-1-2-8-6(5-7)3-4-15-8/h1-2,5H,3-4,11H2,(H,13,16). The summed E-state index contributed by atoms with van der Waals surface area (Å²) in [7, 11) is 0. The molecular formula is C10H10N4OS. The first kappa shape index (κ1) is 9.41. The van der Waals surface area contributed by atoms with E-state index < -0.39 is 0 Å². The molecule has 0 saturated carbocycles. The van der Waals surface area contributed by atoms with Crippen molar-refractivity contribution >= 4 is 12.2 Å². The maximum Gasteiger partial charge on any atom is 0.214 e. The quantitative estimate of drug-likeness (QED) is 0.575. The highest BCUT2D eigenvalue weighted by Gasteiger charge is 2.14. The number of nitrogen functional groups attached to an aromatic ring is 1.